The second kappa shape index (κ2) is 7.58. The van der Waals surface area contributed by atoms with Crippen LogP contribution in [0.5, 0.6) is 5.75 Å². The van der Waals surface area contributed by atoms with E-state index in [1.54, 1.807) is 0 Å². The molecule has 2 aromatic rings. The van der Waals surface area contributed by atoms with Gasteiger partial charge in [0.15, 0.2) is 5.82 Å². The van der Waals surface area contributed by atoms with Crippen molar-refractivity contribution in [2.45, 2.75) is 25.8 Å². The van der Waals surface area contributed by atoms with Crippen LogP contribution >= 0.6 is 0 Å². The highest BCUT2D eigenvalue weighted by Crippen LogP contribution is 2.27. The Morgan fingerprint density at radius 3 is 2.81 bits per heavy atom. The first-order valence-electron chi connectivity index (χ1n) is 9.33. The lowest BCUT2D eigenvalue weighted by Gasteiger charge is -2.46. The van der Waals surface area contributed by atoms with E-state index in [-0.39, 0.29) is 5.82 Å². The monoisotopic (exact) mass is 356 g/mol. The summed E-state index contributed by atoms with van der Waals surface area (Å²) in [7, 11) is 0. The van der Waals surface area contributed by atoms with E-state index in [9.17, 15) is 4.39 Å². The molecule has 2 saturated heterocycles. The number of halogens is 1. The van der Waals surface area contributed by atoms with Crippen LogP contribution in [-0.4, -0.2) is 53.7 Å². The van der Waals surface area contributed by atoms with Gasteiger partial charge in [-0.3, -0.25) is 4.90 Å². The zero-order valence-electron chi connectivity index (χ0n) is 15.1. The van der Waals surface area contributed by atoms with E-state index < -0.39 is 0 Å². The van der Waals surface area contributed by atoms with Gasteiger partial charge in [-0.1, -0.05) is 12.1 Å². The zero-order chi connectivity index (χ0) is 17.9. The Hall–Kier alpha value is -2.21. The Kier molecular flexibility index (Phi) is 5.02. The van der Waals surface area contributed by atoms with Gasteiger partial charge in [-0.05, 0) is 37.5 Å². The summed E-state index contributed by atoms with van der Waals surface area (Å²) in [5.41, 5.74) is 1.23. The van der Waals surface area contributed by atoms with E-state index in [1.807, 2.05) is 12.1 Å². The number of benzene rings is 1. The number of hydrogen-bond acceptors (Lipinski definition) is 5. The SMILES string of the molecule is Cc1cccc(OC[C@H]2CC[C@H]3CN(c4ncc(F)cn4)CCN3C2)c1. The Bertz CT molecular complexity index is 739. The van der Waals surface area contributed by atoms with Crippen LogP contribution in [0.2, 0.25) is 0 Å². The molecule has 0 spiro atoms. The van der Waals surface area contributed by atoms with Gasteiger partial charge >= 0.3 is 0 Å². The molecule has 0 saturated carbocycles. The highest BCUT2D eigenvalue weighted by molar-refractivity contribution is 5.30. The van der Waals surface area contributed by atoms with Crippen molar-refractivity contribution in [3.63, 3.8) is 0 Å². The molecule has 1 aromatic carbocycles. The number of piperazine rings is 1. The van der Waals surface area contributed by atoms with Gasteiger partial charge in [0.05, 0.1) is 19.0 Å². The van der Waals surface area contributed by atoms with Crippen molar-refractivity contribution >= 4 is 5.95 Å². The third kappa shape index (κ3) is 3.96. The van der Waals surface area contributed by atoms with Gasteiger partial charge in [0.25, 0.3) is 0 Å². The third-order valence-corrected chi connectivity index (χ3v) is 5.37. The van der Waals surface area contributed by atoms with Crippen molar-refractivity contribution < 1.29 is 9.13 Å². The summed E-state index contributed by atoms with van der Waals surface area (Å²) >= 11 is 0. The van der Waals surface area contributed by atoms with Crippen LogP contribution in [0.3, 0.4) is 0 Å². The molecule has 138 valence electrons. The van der Waals surface area contributed by atoms with Gasteiger partial charge in [-0.15, -0.1) is 0 Å². The second-order valence-electron chi connectivity index (χ2n) is 7.37. The van der Waals surface area contributed by atoms with Crippen LogP contribution in [0.15, 0.2) is 36.7 Å². The minimum Gasteiger partial charge on any atom is -0.493 e. The number of rotatable bonds is 4. The molecule has 0 N–H and O–H groups in total. The van der Waals surface area contributed by atoms with Crippen molar-refractivity contribution in [2.75, 3.05) is 37.7 Å². The molecular formula is C20H25FN4O. The molecule has 2 aliphatic rings. The summed E-state index contributed by atoms with van der Waals surface area (Å²) in [6.07, 6.45) is 4.81. The average molecular weight is 356 g/mol. The summed E-state index contributed by atoms with van der Waals surface area (Å²) in [6, 6.07) is 8.76. The first-order valence-corrected chi connectivity index (χ1v) is 9.33. The van der Waals surface area contributed by atoms with Gasteiger partial charge in [-0.25, -0.2) is 14.4 Å². The summed E-state index contributed by atoms with van der Waals surface area (Å²) in [6.45, 7) is 6.73. The maximum absolute atomic E-state index is 13.0. The van der Waals surface area contributed by atoms with Crippen molar-refractivity contribution in [2.24, 2.45) is 5.92 Å². The summed E-state index contributed by atoms with van der Waals surface area (Å²) in [5, 5.41) is 0. The lowest BCUT2D eigenvalue weighted by molar-refractivity contribution is 0.0725. The molecule has 0 amide bonds. The maximum Gasteiger partial charge on any atom is 0.225 e. The maximum atomic E-state index is 13.0. The highest BCUT2D eigenvalue weighted by Gasteiger charge is 2.33. The normalized spacial score (nSPS) is 23.5. The summed E-state index contributed by atoms with van der Waals surface area (Å²) < 4.78 is 19.0. The zero-order valence-corrected chi connectivity index (χ0v) is 15.1. The molecule has 0 radical (unpaired) electrons. The Morgan fingerprint density at radius 2 is 2.00 bits per heavy atom. The molecule has 26 heavy (non-hydrogen) atoms. The van der Waals surface area contributed by atoms with Crippen LogP contribution in [0.25, 0.3) is 0 Å². The van der Waals surface area contributed by atoms with Crippen LogP contribution in [0, 0.1) is 18.7 Å². The first kappa shape index (κ1) is 17.2. The molecule has 2 fully saturated rings. The number of anilines is 1. The minimum absolute atomic E-state index is 0.387. The highest BCUT2D eigenvalue weighted by atomic mass is 19.1. The number of aryl methyl sites for hydroxylation is 1. The lowest BCUT2D eigenvalue weighted by Crippen LogP contribution is -2.57. The smallest absolute Gasteiger partial charge is 0.225 e. The topological polar surface area (TPSA) is 41.5 Å². The number of fused-ring (bicyclic) bond motifs is 1. The molecule has 0 unspecified atom stereocenters. The van der Waals surface area contributed by atoms with Crippen molar-refractivity contribution in [1.29, 1.82) is 0 Å². The van der Waals surface area contributed by atoms with E-state index in [2.05, 4.69) is 38.8 Å². The molecular weight excluding hydrogens is 331 g/mol. The van der Waals surface area contributed by atoms with Gasteiger partial charge in [0, 0.05) is 38.1 Å². The molecule has 0 aliphatic carbocycles. The molecule has 2 atom stereocenters. The van der Waals surface area contributed by atoms with Crippen molar-refractivity contribution in [3.8, 4) is 5.75 Å². The molecule has 5 nitrogen and oxygen atoms in total. The minimum atomic E-state index is -0.387. The molecule has 4 rings (SSSR count). The number of ether oxygens (including phenoxy) is 1. The van der Waals surface area contributed by atoms with E-state index in [0.717, 1.165) is 45.0 Å². The molecule has 6 heteroatoms. The number of piperidine rings is 1. The predicted molar refractivity (Wildman–Crippen MR) is 99.0 cm³/mol. The fourth-order valence-corrected chi connectivity index (χ4v) is 3.96. The fourth-order valence-electron chi connectivity index (χ4n) is 3.96. The first-order chi connectivity index (χ1) is 12.7. The van der Waals surface area contributed by atoms with Gasteiger partial charge in [0.2, 0.25) is 5.95 Å². The Morgan fingerprint density at radius 1 is 1.15 bits per heavy atom. The number of nitrogens with zero attached hydrogens (tertiary/aromatic N) is 4. The predicted octanol–water partition coefficient (Wildman–Crippen LogP) is 2.90. The Balaban J connectivity index is 1.30. The van der Waals surface area contributed by atoms with Gasteiger partial charge in [-0.2, -0.15) is 0 Å². The fraction of sp³-hybridized carbons (Fsp3) is 0.500. The van der Waals surface area contributed by atoms with Crippen LogP contribution in [-0.2, 0) is 0 Å². The largest absolute Gasteiger partial charge is 0.493 e. The average Bonchev–Trinajstić information content (AvgIpc) is 2.66. The summed E-state index contributed by atoms with van der Waals surface area (Å²) in [5.74, 6) is 1.78. The lowest BCUT2D eigenvalue weighted by atomic mass is 9.91. The van der Waals surface area contributed by atoms with E-state index >= 15 is 0 Å². The quantitative estimate of drug-likeness (QED) is 0.843. The molecule has 3 heterocycles. The molecule has 0 bridgehead atoms. The molecule has 1 aromatic heterocycles. The van der Waals surface area contributed by atoms with Gasteiger partial charge in [0.1, 0.15) is 5.75 Å². The standard InChI is InChI=1S/C20H25FN4O/c1-15-3-2-4-19(9-15)26-14-16-5-6-18-13-25(8-7-24(18)12-16)20-22-10-17(21)11-23-20/h2-4,9-11,16,18H,5-8,12-14H2,1H3/t16-,18-/m0/s1. The van der Waals surface area contributed by atoms with E-state index in [0.29, 0.717) is 17.9 Å². The number of aromatic nitrogens is 2. The van der Waals surface area contributed by atoms with Crippen LogP contribution in [0.1, 0.15) is 18.4 Å². The van der Waals surface area contributed by atoms with Crippen LogP contribution in [0.4, 0.5) is 10.3 Å². The van der Waals surface area contributed by atoms with E-state index in [4.69, 9.17) is 4.74 Å². The van der Waals surface area contributed by atoms with Crippen LogP contribution < -0.4 is 9.64 Å². The molecule has 2 aliphatic heterocycles. The third-order valence-electron chi connectivity index (χ3n) is 5.37. The van der Waals surface area contributed by atoms with Crippen molar-refractivity contribution in [3.05, 3.63) is 48.0 Å². The van der Waals surface area contributed by atoms with Crippen molar-refractivity contribution in [1.82, 2.24) is 14.9 Å². The summed E-state index contributed by atoms with van der Waals surface area (Å²) in [4.78, 5) is 13.0. The second-order valence-corrected chi connectivity index (χ2v) is 7.37. The number of hydrogen-bond donors (Lipinski definition) is 0. The Labute approximate surface area is 153 Å². The van der Waals surface area contributed by atoms with Gasteiger partial charge < -0.3 is 9.64 Å². The van der Waals surface area contributed by atoms with E-state index in [1.165, 1.54) is 24.4 Å².